The number of carbonyl (C=O) groups is 2. The van der Waals surface area contributed by atoms with E-state index in [2.05, 4.69) is 20.1 Å². The zero-order valence-corrected chi connectivity index (χ0v) is 19.0. The second-order valence-corrected chi connectivity index (χ2v) is 9.30. The summed E-state index contributed by atoms with van der Waals surface area (Å²) in [7, 11) is 3.61. The first-order chi connectivity index (χ1) is 14.1. The predicted octanol–water partition coefficient (Wildman–Crippen LogP) is 2.93. The number of nitrogens with one attached hydrogen (secondary N) is 2. The van der Waals surface area contributed by atoms with E-state index in [0.717, 1.165) is 36.6 Å². The van der Waals surface area contributed by atoms with Crippen molar-refractivity contribution < 1.29 is 9.59 Å². The van der Waals surface area contributed by atoms with Crippen molar-refractivity contribution in [3.8, 4) is 11.4 Å². The van der Waals surface area contributed by atoms with Gasteiger partial charge in [0.05, 0.1) is 5.69 Å². The summed E-state index contributed by atoms with van der Waals surface area (Å²) < 4.78 is 2.12. The van der Waals surface area contributed by atoms with Crippen LogP contribution in [0.25, 0.3) is 11.4 Å². The normalized spacial score (nSPS) is 15.8. The average molecular weight is 432 g/mol. The molecule has 162 valence electrons. The number of fused-ring (bicyclic) bond motifs is 1. The first-order valence-electron chi connectivity index (χ1n) is 10.2. The van der Waals surface area contributed by atoms with E-state index in [0.29, 0.717) is 17.3 Å². The number of nitrogens with zero attached hydrogens (tertiary/aromatic N) is 3. The third-order valence-electron chi connectivity index (χ3n) is 5.38. The SMILES string of the molecule is CNC(=O)C(NC(=O)c1nc(-c2ccc(Cl)cc2)n2c1CN(C)CCC2)C(C)(C)C. The van der Waals surface area contributed by atoms with Crippen molar-refractivity contribution in [2.75, 3.05) is 20.6 Å². The van der Waals surface area contributed by atoms with Gasteiger partial charge in [0, 0.05) is 30.7 Å². The standard InChI is InChI=1S/C22H30ClN5O2/c1-22(2,3)18(21(30)24-4)26-20(29)17-16-13-27(5)11-6-12-28(16)19(25-17)14-7-9-15(23)10-8-14/h7-10,18H,6,11-13H2,1-5H3,(H,24,30)(H,26,29). The van der Waals surface area contributed by atoms with Crippen molar-refractivity contribution in [1.29, 1.82) is 0 Å². The number of aromatic nitrogens is 2. The van der Waals surface area contributed by atoms with Gasteiger partial charge in [-0.1, -0.05) is 32.4 Å². The summed E-state index contributed by atoms with van der Waals surface area (Å²) >= 11 is 6.05. The Labute approximate surface area is 182 Å². The Balaban J connectivity index is 2.04. The molecule has 1 aliphatic heterocycles. The highest BCUT2D eigenvalue weighted by Crippen LogP contribution is 2.28. The van der Waals surface area contributed by atoms with E-state index in [-0.39, 0.29) is 11.8 Å². The minimum Gasteiger partial charge on any atom is -0.357 e. The molecule has 0 radical (unpaired) electrons. The highest BCUT2D eigenvalue weighted by molar-refractivity contribution is 6.30. The minimum atomic E-state index is -0.671. The number of amides is 2. The zero-order chi connectivity index (χ0) is 22.1. The summed E-state index contributed by atoms with van der Waals surface area (Å²) in [5.41, 5.74) is 1.69. The van der Waals surface area contributed by atoms with E-state index < -0.39 is 11.5 Å². The largest absolute Gasteiger partial charge is 0.357 e. The summed E-state index contributed by atoms with van der Waals surface area (Å²) in [5.74, 6) is 0.184. The average Bonchev–Trinajstić information content (AvgIpc) is 2.91. The van der Waals surface area contributed by atoms with Gasteiger partial charge < -0.3 is 20.1 Å². The van der Waals surface area contributed by atoms with Crippen LogP contribution in [0.1, 0.15) is 43.4 Å². The summed E-state index contributed by atoms with van der Waals surface area (Å²) in [5, 5.41) is 6.21. The Morgan fingerprint density at radius 2 is 1.83 bits per heavy atom. The van der Waals surface area contributed by atoms with Crippen LogP contribution in [0.15, 0.2) is 24.3 Å². The maximum absolute atomic E-state index is 13.3. The second-order valence-electron chi connectivity index (χ2n) is 8.87. The molecule has 0 saturated heterocycles. The second kappa shape index (κ2) is 8.78. The lowest BCUT2D eigenvalue weighted by Crippen LogP contribution is -2.53. The number of imidazole rings is 1. The van der Waals surface area contributed by atoms with Crippen molar-refractivity contribution >= 4 is 23.4 Å². The maximum atomic E-state index is 13.3. The molecule has 0 fully saturated rings. The van der Waals surface area contributed by atoms with Gasteiger partial charge >= 0.3 is 0 Å². The molecule has 7 nitrogen and oxygen atoms in total. The van der Waals surface area contributed by atoms with Crippen LogP contribution in [0, 0.1) is 5.41 Å². The molecule has 2 N–H and O–H groups in total. The molecular weight excluding hydrogens is 402 g/mol. The molecule has 1 unspecified atom stereocenters. The van der Waals surface area contributed by atoms with Crippen molar-refractivity contribution in [2.45, 2.75) is 46.3 Å². The van der Waals surface area contributed by atoms with Crippen LogP contribution in [-0.4, -0.2) is 52.9 Å². The fourth-order valence-electron chi connectivity index (χ4n) is 3.74. The highest BCUT2D eigenvalue weighted by Gasteiger charge is 2.34. The quantitative estimate of drug-likeness (QED) is 0.780. The molecule has 1 aromatic heterocycles. The third kappa shape index (κ3) is 4.68. The van der Waals surface area contributed by atoms with Gasteiger partial charge in [0.2, 0.25) is 5.91 Å². The Morgan fingerprint density at radius 1 is 1.17 bits per heavy atom. The molecule has 1 atom stereocenters. The first-order valence-corrected chi connectivity index (χ1v) is 10.6. The van der Waals surface area contributed by atoms with Crippen molar-refractivity contribution in [3.05, 3.63) is 40.7 Å². The summed E-state index contributed by atoms with van der Waals surface area (Å²) in [4.78, 5) is 32.6. The van der Waals surface area contributed by atoms with E-state index in [9.17, 15) is 9.59 Å². The number of hydrogen-bond acceptors (Lipinski definition) is 4. The van der Waals surface area contributed by atoms with Crippen LogP contribution in [0.3, 0.4) is 0 Å². The van der Waals surface area contributed by atoms with Gasteiger partial charge in [-0.3, -0.25) is 9.59 Å². The lowest BCUT2D eigenvalue weighted by molar-refractivity contribution is -0.124. The fourth-order valence-corrected chi connectivity index (χ4v) is 3.87. The molecule has 1 aliphatic rings. The summed E-state index contributed by atoms with van der Waals surface area (Å²) in [6.45, 7) is 8.10. The lowest BCUT2D eigenvalue weighted by atomic mass is 9.86. The molecule has 0 bridgehead atoms. The Hall–Kier alpha value is -2.38. The van der Waals surface area contributed by atoms with E-state index in [1.165, 1.54) is 0 Å². The molecule has 2 amide bonds. The van der Waals surface area contributed by atoms with Crippen LogP contribution >= 0.6 is 11.6 Å². The smallest absolute Gasteiger partial charge is 0.272 e. The zero-order valence-electron chi connectivity index (χ0n) is 18.3. The van der Waals surface area contributed by atoms with Crippen LogP contribution < -0.4 is 10.6 Å². The van der Waals surface area contributed by atoms with E-state index in [1.807, 2.05) is 52.1 Å². The summed E-state index contributed by atoms with van der Waals surface area (Å²) in [6.07, 6.45) is 0.963. The Bertz CT molecular complexity index is 930. The molecule has 8 heteroatoms. The Kier molecular flexibility index (Phi) is 6.53. The number of carbonyl (C=O) groups excluding carboxylic acids is 2. The van der Waals surface area contributed by atoms with Gasteiger partial charge in [-0.05, 0) is 49.7 Å². The topological polar surface area (TPSA) is 79.3 Å². The molecule has 2 aromatic rings. The van der Waals surface area contributed by atoms with Crippen LogP contribution in [-0.2, 0) is 17.9 Å². The highest BCUT2D eigenvalue weighted by atomic mass is 35.5. The fraction of sp³-hybridized carbons (Fsp3) is 0.500. The van der Waals surface area contributed by atoms with Crippen molar-refractivity contribution in [3.63, 3.8) is 0 Å². The van der Waals surface area contributed by atoms with Gasteiger partial charge in [-0.15, -0.1) is 0 Å². The maximum Gasteiger partial charge on any atom is 0.272 e. The Morgan fingerprint density at radius 3 is 2.43 bits per heavy atom. The van der Waals surface area contributed by atoms with Crippen LogP contribution in [0.4, 0.5) is 0 Å². The van der Waals surface area contributed by atoms with E-state index >= 15 is 0 Å². The van der Waals surface area contributed by atoms with Gasteiger partial charge in [0.1, 0.15) is 11.9 Å². The van der Waals surface area contributed by atoms with Crippen LogP contribution in [0.2, 0.25) is 5.02 Å². The van der Waals surface area contributed by atoms with Gasteiger partial charge in [0.15, 0.2) is 5.69 Å². The molecule has 1 aromatic carbocycles. The molecular formula is C22H30ClN5O2. The van der Waals surface area contributed by atoms with Crippen molar-refractivity contribution in [1.82, 2.24) is 25.1 Å². The summed E-state index contributed by atoms with van der Waals surface area (Å²) in [6, 6.07) is 6.80. The number of benzene rings is 1. The van der Waals surface area contributed by atoms with E-state index in [1.54, 1.807) is 7.05 Å². The van der Waals surface area contributed by atoms with Gasteiger partial charge in [0.25, 0.3) is 5.91 Å². The molecule has 0 saturated carbocycles. The third-order valence-corrected chi connectivity index (χ3v) is 5.63. The molecule has 0 spiro atoms. The lowest BCUT2D eigenvalue weighted by Gasteiger charge is -2.29. The number of rotatable bonds is 4. The minimum absolute atomic E-state index is 0.226. The van der Waals surface area contributed by atoms with Crippen molar-refractivity contribution in [2.24, 2.45) is 5.41 Å². The number of likely N-dealkylation sites (N-methyl/N-ethyl adjacent to an activating group) is 1. The predicted molar refractivity (Wildman–Crippen MR) is 118 cm³/mol. The first kappa shape index (κ1) is 22.3. The molecule has 30 heavy (non-hydrogen) atoms. The number of halogens is 1. The monoisotopic (exact) mass is 431 g/mol. The molecule has 0 aliphatic carbocycles. The molecule has 2 heterocycles. The van der Waals surface area contributed by atoms with Gasteiger partial charge in [-0.2, -0.15) is 0 Å². The van der Waals surface area contributed by atoms with Crippen LogP contribution in [0.5, 0.6) is 0 Å². The number of hydrogen-bond donors (Lipinski definition) is 2. The van der Waals surface area contributed by atoms with E-state index in [4.69, 9.17) is 16.6 Å². The molecule has 3 rings (SSSR count). The van der Waals surface area contributed by atoms with Gasteiger partial charge in [-0.25, -0.2) is 4.98 Å².